The highest BCUT2D eigenvalue weighted by atomic mass is 35.5. The first-order valence-corrected chi connectivity index (χ1v) is 9.91. The first-order chi connectivity index (χ1) is 11.7. The monoisotopic (exact) mass is 385 g/mol. The SMILES string of the molecule is CSCCC(NC(=O)Cc1ccccc1)C(=O)NC1CCNCC1.Cl. The predicted molar refractivity (Wildman–Crippen MR) is 106 cm³/mol. The van der Waals surface area contributed by atoms with Crippen LogP contribution < -0.4 is 16.0 Å². The standard InChI is InChI=1S/C18H27N3O2S.ClH/c1-24-12-9-16(18(23)20-15-7-10-19-11-8-15)21-17(22)13-14-5-3-2-4-6-14;/h2-6,15-16,19H,7-13H2,1H3,(H,20,23)(H,21,22);1H. The minimum Gasteiger partial charge on any atom is -0.351 e. The van der Waals surface area contributed by atoms with Gasteiger partial charge in [-0.15, -0.1) is 12.4 Å². The molecule has 1 saturated heterocycles. The van der Waals surface area contributed by atoms with Crippen LogP contribution in [-0.4, -0.2) is 49.0 Å². The van der Waals surface area contributed by atoms with Crippen molar-refractivity contribution < 1.29 is 9.59 Å². The van der Waals surface area contributed by atoms with Crippen molar-refractivity contribution in [2.24, 2.45) is 0 Å². The minimum atomic E-state index is -0.455. The average molecular weight is 386 g/mol. The molecule has 25 heavy (non-hydrogen) atoms. The van der Waals surface area contributed by atoms with Crippen molar-refractivity contribution in [1.29, 1.82) is 0 Å². The quantitative estimate of drug-likeness (QED) is 0.637. The van der Waals surface area contributed by atoms with Crippen LogP contribution in [0.3, 0.4) is 0 Å². The number of amides is 2. The highest BCUT2D eigenvalue weighted by Crippen LogP contribution is 2.06. The summed E-state index contributed by atoms with van der Waals surface area (Å²) in [6.45, 7) is 1.86. The van der Waals surface area contributed by atoms with Crippen LogP contribution in [0.15, 0.2) is 30.3 Å². The molecule has 0 saturated carbocycles. The van der Waals surface area contributed by atoms with Gasteiger partial charge < -0.3 is 16.0 Å². The van der Waals surface area contributed by atoms with Crippen molar-refractivity contribution in [2.45, 2.75) is 37.8 Å². The van der Waals surface area contributed by atoms with Gasteiger partial charge in [-0.25, -0.2) is 0 Å². The van der Waals surface area contributed by atoms with Gasteiger partial charge in [0.15, 0.2) is 0 Å². The first-order valence-electron chi connectivity index (χ1n) is 8.52. The zero-order valence-electron chi connectivity index (χ0n) is 14.6. The molecule has 7 heteroatoms. The van der Waals surface area contributed by atoms with Gasteiger partial charge in [-0.3, -0.25) is 9.59 Å². The van der Waals surface area contributed by atoms with Gasteiger partial charge in [-0.1, -0.05) is 30.3 Å². The molecule has 1 aliphatic rings. The molecule has 1 atom stereocenters. The van der Waals surface area contributed by atoms with E-state index in [0.29, 0.717) is 12.8 Å². The Morgan fingerprint density at radius 3 is 2.56 bits per heavy atom. The topological polar surface area (TPSA) is 70.2 Å². The third-order valence-electron chi connectivity index (χ3n) is 4.16. The van der Waals surface area contributed by atoms with Crippen molar-refractivity contribution in [3.8, 4) is 0 Å². The molecule has 1 aromatic rings. The summed E-state index contributed by atoms with van der Waals surface area (Å²) in [5, 5.41) is 9.29. The van der Waals surface area contributed by atoms with Crippen LogP contribution >= 0.6 is 24.2 Å². The lowest BCUT2D eigenvalue weighted by atomic mass is 10.1. The predicted octanol–water partition coefficient (Wildman–Crippen LogP) is 1.76. The maximum Gasteiger partial charge on any atom is 0.242 e. The van der Waals surface area contributed by atoms with Crippen LogP contribution in [0.2, 0.25) is 0 Å². The largest absolute Gasteiger partial charge is 0.351 e. The van der Waals surface area contributed by atoms with Gasteiger partial charge in [-0.2, -0.15) is 11.8 Å². The summed E-state index contributed by atoms with van der Waals surface area (Å²) in [5.74, 6) is 0.681. The second kappa shape index (κ2) is 12.2. The van der Waals surface area contributed by atoms with Gasteiger partial charge in [-0.05, 0) is 49.9 Å². The van der Waals surface area contributed by atoms with Crippen LogP contribution in [0.5, 0.6) is 0 Å². The summed E-state index contributed by atoms with van der Waals surface area (Å²) in [5.41, 5.74) is 0.956. The molecule has 0 aromatic heterocycles. The van der Waals surface area contributed by atoms with E-state index >= 15 is 0 Å². The van der Waals surface area contributed by atoms with Crippen molar-refractivity contribution in [3.63, 3.8) is 0 Å². The molecule has 0 spiro atoms. The fourth-order valence-electron chi connectivity index (χ4n) is 2.80. The summed E-state index contributed by atoms with van der Waals surface area (Å²) in [7, 11) is 0. The molecule has 1 unspecified atom stereocenters. The highest BCUT2D eigenvalue weighted by Gasteiger charge is 2.23. The number of piperidine rings is 1. The van der Waals surface area contributed by atoms with Crippen LogP contribution in [-0.2, 0) is 16.0 Å². The van der Waals surface area contributed by atoms with Gasteiger partial charge >= 0.3 is 0 Å². The van der Waals surface area contributed by atoms with E-state index in [-0.39, 0.29) is 30.3 Å². The van der Waals surface area contributed by atoms with E-state index < -0.39 is 6.04 Å². The number of benzene rings is 1. The fourth-order valence-corrected chi connectivity index (χ4v) is 3.27. The Kier molecular flexibility index (Phi) is 10.6. The van der Waals surface area contributed by atoms with E-state index in [2.05, 4.69) is 16.0 Å². The number of thioether (sulfide) groups is 1. The van der Waals surface area contributed by atoms with E-state index in [1.165, 1.54) is 0 Å². The fraction of sp³-hybridized carbons (Fsp3) is 0.556. The van der Waals surface area contributed by atoms with E-state index in [4.69, 9.17) is 0 Å². The Morgan fingerprint density at radius 2 is 1.92 bits per heavy atom. The maximum absolute atomic E-state index is 12.5. The summed E-state index contributed by atoms with van der Waals surface area (Å²) in [6, 6.07) is 9.35. The molecule has 0 aliphatic carbocycles. The van der Waals surface area contributed by atoms with Crippen LogP contribution in [0.4, 0.5) is 0 Å². The number of carbonyl (C=O) groups excluding carboxylic acids is 2. The molecule has 140 valence electrons. The zero-order chi connectivity index (χ0) is 17.2. The number of hydrogen-bond donors (Lipinski definition) is 3. The number of nitrogens with one attached hydrogen (secondary N) is 3. The smallest absolute Gasteiger partial charge is 0.242 e. The van der Waals surface area contributed by atoms with E-state index in [1.807, 2.05) is 36.6 Å². The summed E-state index contributed by atoms with van der Waals surface area (Å²) < 4.78 is 0. The van der Waals surface area contributed by atoms with Crippen molar-refractivity contribution in [1.82, 2.24) is 16.0 Å². The van der Waals surface area contributed by atoms with Crippen molar-refractivity contribution in [3.05, 3.63) is 35.9 Å². The van der Waals surface area contributed by atoms with Gasteiger partial charge in [0.2, 0.25) is 11.8 Å². The number of halogens is 1. The lowest BCUT2D eigenvalue weighted by Gasteiger charge is -2.26. The summed E-state index contributed by atoms with van der Waals surface area (Å²) >= 11 is 1.68. The first kappa shape index (κ1) is 21.8. The molecule has 0 bridgehead atoms. The summed E-state index contributed by atoms with van der Waals surface area (Å²) in [4.78, 5) is 24.8. The van der Waals surface area contributed by atoms with Crippen LogP contribution in [0.25, 0.3) is 0 Å². The summed E-state index contributed by atoms with van der Waals surface area (Å²) in [6.07, 6.45) is 4.85. The number of hydrogen-bond acceptors (Lipinski definition) is 4. The lowest BCUT2D eigenvalue weighted by Crippen LogP contribution is -2.52. The van der Waals surface area contributed by atoms with E-state index in [0.717, 1.165) is 37.2 Å². The average Bonchev–Trinajstić information content (AvgIpc) is 2.60. The molecule has 2 amide bonds. The molecule has 0 radical (unpaired) electrons. The number of carbonyl (C=O) groups is 2. The van der Waals surface area contributed by atoms with E-state index in [9.17, 15) is 9.59 Å². The maximum atomic E-state index is 12.5. The van der Waals surface area contributed by atoms with Gasteiger partial charge in [0.05, 0.1) is 6.42 Å². The molecule has 2 rings (SSSR count). The Morgan fingerprint density at radius 1 is 1.24 bits per heavy atom. The third kappa shape index (κ3) is 8.12. The molecule has 1 fully saturated rings. The van der Waals surface area contributed by atoms with E-state index in [1.54, 1.807) is 11.8 Å². The van der Waals surface area contributed by atoms with Gasteiger partial charge in [0.25, 0.3) is 0 Å². The second-order valence-electron chi connectivity index (χ2n) is 6.10. The Hall–Kier alpha value is -1.24. The van der Waals surface area contributed by atoms with Crippen molar-refractivity contribution in [2.75, 3.05) is 25.1 Å². The highest BCUT2D eigenvalue weighted by molar-refractivity contribution is 7.98. The molecule has 1 aromatic carbocycles. The van der Waals surface area contributed by atoms with Crippen LogP contribution in [0, 0.1) is 0 Å². The van der Waals surface area contributed by atoms with Gasteiger partial charge in [0, 0.05) is 6.04 Å². The second-order valence-corrected chi connectivity index (χ2v) is 7.08. The Bertz CT molecular complexity index is 524. The number of rotatable bonds is 8. The van der Waals surface area contributed by atoms with Crippen molar-refractivity contribution >= 4 is 36.0 Å². The Balaban J connectivity index is 0.00000312. The lowest BCUT2D eigenvalue weighted by molar-refractivity contribution is -0.129. The molecule has 3 N–H and O–H groups in total. The Labute approximate surface area is 160 Å². The molecular formula is C18H28ClN3O2S. The van der Waals surface area contributed by atoms with Crippen LogP contribution in [0.1, 0.15) is 24.8 Å². The molecule has 5 nitrogen and oxygen atoms in total. The third-order valence-corrected chi connectivity index (χ3v) is 4.80. The normalized spacial score (nSPS) is 15.7. The van der Waals surface area contributed by atoms with Gasteiger partial charge in [0.1, 0.15) is 6.04 Å². The molecule has 1 heterocycles. The molecule has 1 aliphatic heterocycles. The molecular weight excluding hydrogens is 358 g/mol. The minimum absolute atomic E-state index is 0. The zero-order valence-corrected chi connectivity index (χ0v) is 16.3.